The minimum absolute atomic E-state index is 0.0289. The van der Waals surface area contributed by atoms with Gasteiger partial charge in [0.1, 0.15) is 5.75 Å². The summed E-state index contributed by atoms with van der Waals surface area (Å²) in [6.07, 6.45) is 0.715. The molecule has 0 unspecified atom stereocenters. The lowest BCUT2D eigenvalue weighted by atomic mass is 10.1. The van der Waals surface area contributed by atoms with Crippen LogP contribution in [0.25, 0.3) is 0 Å². The van der Waals surface area contributed by atoms with Crippen molar-refractivity contribution in [3.05, 3.63) is 27.7 Å². The molecule has 0 aromatic heterocycles. The van der Waals surface area contributed by atoms with Crippen molar-refractivity contribution in [2.75, 3.05) is 0 Å². The molecule has 0 fully saturated rings. The topological polar surface area (TPSA) is 69.6 Å². The molecule has 0 heterocycles. The van der Waals surface area contributed by atoms with Crippen molar-refractivity contribution in [2.45, 2.75) is 32.4 Å². The fourth-order valence-electron chi connectivity index (χ4n) is 1.58. The highest BCUT2D eigenvalue weighted by Crippen LogP contribution is 2.31. The Balaban J connectivity index is 2.70. The first-order valence-corrected chi connectivity index (χ1v) is 6.31. The average molecular weight is 292 g/mol. The minimum atomic E-state index is -0.859. The fraction of sp³-hybridized carbons (Fsp3) is 0.417. The lowest BCUT2D eigenvalue weighted by Gasteiger charge is -2.15. The number of rotatable bonds is 6. The van der Waals surface area contributed by atoms with Crippen LogP contribution in [0, 0.1) is 0 Å². The lowest BCUT2D eigenvalue weighted by molar-refractivity contribution is -0.137. The Morgan fingerprint density at radius 1 is 1.44 bits per heavy atom. The van der Waals surface area contributed by atoms with Crippen LogP contribution in [0.2, 0.25) is 10.0 Å². The van der Waals surface area contributed by atoms with E-state index >= 15 is 0 Å². The van der Waals surface area contributed by atoms with Crippen LogP contribution in [0.3, 0.4) is 0 Å². The fourth-order valence-corrected chi connectivity index (χ4v) is 2.12. The number of hydrogen-bond acceptors (Lipinski definition) is 3. The Morgan fingerprint density at radius 2 is 2.11 bits per heavy atom. The molecule has 1 aromatic carbocycles. The van der Waals surface area contributed by atoms with Crippen molar-refractivity contribution in [3.63, 3.8) is 0 Å². The number of carbonyl (C=O) groups is 1. The summed E-state index contributed by atoms with van der Waals surface area (Å²) < 4.78 is 0. The molecule has 18 heavy (non-hydrogen) atoms. The van der Waals surface area contributed by atoms with Crippen LogP contribution in [-0.4, -0.2) is 22.2 Å². The van der Waals surface area contributed by atoms with Gasteiger partial charge < -0.3 is 15.5 Å². The molecule has 0 saturated carbocycles. The van der Waals surface area contributed by atoms with E-state index in [4.69, 9.17) is 28.3 Å². The van der Waals surface area contributed by atoms with E-state index in [0.717, 1.165) is 0 Å². The number of hydrogen-bond donors (Lipinski definition) is 3. The molecule has 4 nitrogen and oxygen atoms in total. The van der Waals surface area contributed by atoms with Crippen LogP contribution in [-0.2, 0) is 11.3 Å². The summed E-state index contributed by atoms with van der Waals surface area (Å²) in [6, 6.07) is 2.90. The number of phenolic OH excluding ortho intramolecular Hbond substituents is 1. The zero-order valence-electron chi connectivity index (χ0n) is 9.91. The summed E-state index contributed by atoms with van der Waals surface area (Å²) in [4.78, 5) is 10.6. The summed E-state index contributed by atoms with van der Waals surface area (Å²) in [5, 5.41) is 22.1. The van der Waals surface area contributed by atoms with Crippen LogP contribution in [0.5, 0.6) is 5.75 Å². The molecular formula is C12H15Cl2NO3. The Bertz CT molecular complexity index is 438. The van der Waals surface area contributed by atoms with Crippen LogP contribution in [0.1, 0.15) is 25.3 Å². The summed E-state index contributed by atoms with van der Waals surface area (Å²) in [5.74, 6) is -0.888. The Kier molecular flexibility index (Phi) is 5.72. The minimum Gasteiger partial charge on any atom is -0.506 e. The highest BCUT2D eigenvalue weighted by molar-refractivity contribution is 6.35. The van der Waals surface area contributed by atoms with Gasteiger partial charge in [-0.2, -0.15) is 0 Å². The monoisotopic (exact) mass is 291 g/mol. The third kappa shape index (κ3) is 4.37. The van der Waals surface area contributed by atoms with Gasteiger partial charge in [-0.1, -0.05) is 30.1 Å². The SMILES string of the molecule is CC[C@H](CC(=O)O)NCc1cc(Cl)cc(Cl)c1O. The number of phenols is 1. The molecule has 0 aliphatic rings. The second-order valence-electron chi connectivity index (χ2n) is 3.98. The average Bonchev–Trinajstić information content (AvgIpc) is 2.29. The molecular weight excluding hydrogens is 277 g/mol. The second-order valence-corrected chi connectivity index (χ2v) is 4.82. The highest BCUT2D eigenvalue weighted by Gasteiger charge is 2.13. The molecule has 1 rings (SSSR count). The van der Waals surface area contributed by atoms with E-state index in [2.05, 4.69) is 5.32 Å². The van der Waals surface area contributed by atoms with Crippen LogP contribution in [0.15, 0.2) is 12.1 Å². The number of benzene rings is 1. The lowest BCUT2D eigenvalue weighted by Crippen LogP contribution is -2.30. The first kappa shape index (κ1) is 15.1. The molecule has 100 valence electrons. The number of carboxylic acids is 1. The van der Waals surface area contributed by atoms with Crippen LogP contribution >= 0.6 is 23.2 Å². The molecule has 1 aromatic rings. The van der Waals surface area contributed by atoms with E-state index < -0.39 is 5.97 Å². The van der Waals surface area contributed by atoms with E-state index in [0.29, 0.717) is 23.6 Å². The van der Waals surface area contributed by atoms with E-state index in [1.807, 2.05) is 6.92 Å². The standard InChI is InChI=1S/C12H15Cl2NO3/c1-2-9(5-11(16)17)15-6-7-3-8(13)4-10(14)12(7)18/h3-4,9,15,18H,2,5-6H2,1H3,(H,16,17)/t9-/m1/s1. The van der Waals surface area contributed by atoms with Gasteiger partial charge in [-0.3, -0.25) is 4.79 Å². The molecule has 0 bridgehead atoms. The van der Waals surface area contributed by atoms with Crippen LogP contribution < -0.4 is 5.32 Å². The molecule has 0 radical (unpaired) electrons. The summed E-state index contributed by atoms with van der Waals surface area (Å²) in [6.45, 7) is 2.21. The number of aromatic hydroxyl groups is 1. The third-order valence-corrected chi connectivity index (χ3v) is 3.11. The molecule has 6 heteroatoms. The molecule has 0 saturated heterocycles. The van der Waals surface area contributed by atoms with Gasteiger partial charge in [0.2, 0.25) is 0 Å². The molecule has 0 aliphatic carbocycles. The molecule has 3 N–H and O–H groups in total. The number of nitrogens with one attached hydrogen (secondary N) is 1. The maximum atomic E-state index is 10.6. The summed E-state index contributed by atoms with van der Waals surface area (Å²) >= 11 is 11.6. The molecule has 0 amide bonds. The van der Waals surface area contributed by atoms with Crippen molar-refractivity contribution in [1.29, 1.82) is 0 Å². The number of carboxylic acid groups (broad SMARTS) is 1. The summed E-state index contributed by atoms with van der Waals surface area (Å²) in [7, 11) is 0. The largest absolute Gasteiger partial charge is 0.506 e. The van der Waals surface area contributed by atoms with Gasteiger partial charge in [0.15, 0.2) is 0 Å². The van der Waals surface area contributed by atoms with Crippen molar-refractivity contribution >= 4 is 29.2 Å². The second kappa shape index (κ2) is 6.83. The third-order valence-electron chi connectivity index (χ3n) is 2.60. The molecule has 0 aliphatic heterocycles. The quantitative estimate of drug-likeness (QED) is 0.753. The van der Waals surface area contributed by atoms with E-state index in [1.54, 1.807) is 6.07 Å². The van der Waals surface area contributed by atoms with Gasteiger partial charge in [0, 0.05) is 23.2 Å². The number of aliphatic carboxylic acids is 1. The van der Waals surface area contributed by atoms with Crippen molar-refractivity contribution in [3.8, 4) is 5.75 Å². The van der Waals surface area contributed by atoms with E-state index in [1.165, 1.54) is 6.07 Å². The predicted octanol–water partition coefficient (Wildman–Crippen LogP) is 3.04. The van der Waals surface area contributed by atoms with Gasteiger partial charge in [-0.05, 0) is 18.6 Å². The Labute approximate surface area is 116 Å². The maximum absolute atomic E-state index is 10.6. The van der Waals surface area contributed by atoms with Gasteiger partial charge >= 0.3 is 5.97 Å². The molecule has 0 spiro atoms. The first-order chi connectivity index (χ1) is 8.43. The normalized spacial score (nSPS) is 12.4. The maximum Gasteiger partial charge on any atom is 0.304 e. The Morgan fingerprint density at radius 3 is 2.67 bits per heavy atom. The highest BCUT2D eigenvalue weighted by atomic mass is 35.5. The van der Waals surface area contributed by atoms with E-state index in [9.17, 15) is 9.90 Å². The Hall–Kier alpha value is -0.970. The van der Waals surface area contributed by atoms with Gasteiger partial charge in [-0.25, -0.2) is 0 Å². The van der Waals surface area contributed by atoms with Gasteiger partial charge in [-0.15, -0.1) is 0 Å². The smallest absolute Gasteiger partial charge is 0.304 e. The predicted molar refractivity (Wildman–Crippen MR) is 71.3 cm³/mol. The van der Waals surface area contributed by atoms with E-state index in [-0.39, 0.29) is 23.2 Å². The molecule has 1 atom stereocenters. The number of halogens is 2. The van der Waals surface area contributed by atoms with Gasteiger partial charge in [0.05, 0.1) is 11.4 Å². The van der Waals surface area contributed by atoms with Crippen LogP contribution in [0.4, 0.5) is 0 Å². The summed E-state index contributed by atoms with van der Waals surface area (Å²) in [5.41, 5.74) is 0.552. The van der Waals surface area contributed by atoms with Crippen molar-refractivity contribution in [2.24, 2.45) is 0 Å². The first-order valence-electron chi connectivity index (χ1n) is 5.56. The van der Waals surface area contributed by atoms with Crippen molar-refractivity contribution < 1.29 is 15.0 Å². The van der Waals surface area contributed by atoms with Crippen molar-refractivity contribution in [1.82, 2.24) is 5.32 Å². The van der Waals surface area contributed by atoms with Gasteiger partial charge in [0.25, 0.3) is 0 Å². The zero-order valence-corrected chi connectivity index (χ0v) is 11.4. The zero-order chi connectivity index (χ0) is 13.7.